The van der Waals surface area contributed by atoms with E-state index in [-0.39, 0.29) is 5.91 Å². The van der Waals surface area contributed by atoms with Crippen molar-refractivity contribution in [3.63, 3.8) is 0 Å². The molecule has 15 heavy (non-hydrogen) atoms. The summed E-state index contributed by atoms with van der Waals surface area (Å²) >= 11 is 0. The number of methoxy groups -OCH3 is 1. The number of carbonyl (C=O) groups excluding carboxylic acids is 1. The third-order valence-corrected chi connectivity index (χ3v) is 1.97. The Morgan fingerprint density at radius 3 is 2.47 bits per heavy atom. The smallest absolute Gasteiger partial charge is 0.234 e. The van der Waals surface area contributed by atoms with E-state index in [2.05, 4.69) is 31.4 Å². The van der Waals surface area contributed by atoms with Crippen molar-refractivity contribution in [2.45, 2.75) is 27.2 Å². The zero-order valence-electron chi connectivity index (χ0n) is 10.4. The van der Waals surface area contributed by atoms with E-state index in [4.69, 9.17) is 4.74 Å². The van der Waals surface area contributed by atoms with Gasteiger partial charge in [0.2, 0.25) is 5.91 Å². The van der Waals surface area contributed by atoms with E-state index in [1.165, 1.54) is 0 Å². The number of amides is 1. The molecule has 4 heteroatoms. The quantitative estimate of drug-likeness (QED) is 0.618. The predicted molar refractivity (Wildman–Crippen MR) is 61.8 cm³/mol. The molecule has 0 atom stereocenters. The maximum absolute atomic E-state index is 11.2. The second-order valence-corrected chi connectivity index (χ2v) is 4.83. The van der Waals surface area contributed by atoms with E-state index in [9.17, 15) is 4.79 Å². The lowest BCUT2D eigenvalue weighted by Gasteiger charge is -2.17. The van der Waals surface area contributed by atoms with Crippen LogP contribution in [0.25, 0.3) is 0 Å². The molecular formula is C11H24N2O2. The normalized spacial score (nSPS) is 11.5. The summed E-state index contributed by atoms with van der Waals surface area (Å²) in [7, 11) is 1.62. The molecule has 0 spiro atoms. The van der Waals surface area contributed by atoms with Gasteiger partial charge in [-0.2, -0.15) is 0 Å². The first-order valence-corrected chi connectivity index (χ1v) is 5.42. The van der Waals surface area contributed by atoms with Crippen LogP contribution >= 0.6 is 0 Å². The van der Waals surface area contributed by atoms with Gasteiger partial charge in [-0.1, -0.05) is 20.8 Å². The molecule has 0 aromatic rings. The zero-order chi connectivity index (χ0) is 11.7. The topological polar surface area (TPSA) is 50.4 Å². The molecule has 90 valence electrons. The lowest BCUT2D eigenvalue weighted by Crippen LogP contribution is -2.36. The number of nitrogens with one attached hydrogen (secondary N) is 2. The molecule has 0 unspecified atom stereocenters. The molecule has 0 saturated carbocycles. The fourth-order valence-electron chi connectivity index (χ4n) is 1.02. The van der Waals surface area contributed by atoms with E-state index < -0.39 is 0 Å². The van der Waals surface area contributed by atoms with E-state index in [0.717, 1.165) is 13.0 Å². The predicted octanol–water partition coefficient (Wildman–Crippen LogP) is 0.775. The summed E-state index contributed by atoms with van der Waals surface area (Å²) < 4.78 is 4.83. The molecule has 2 N–H and O–H groups in total. The van der Waals surface area contributed by atoms with Gasteiger partial charge in [0.15, 0.2) is 0 Å². The molecular weight excluding hydrogens is 192 g/mol. The van der Waals surface area contributed by atoms with Crippen LogP contribution in [0.4, 0.5) is 0 Å². The molecule has 0 aromatic carbocycles. The minimum Gasteiger partial charge on any atom is -0.383 e. The highest BCUT2D eigenvalue weighted by Crippen LogP contribution is 2.16. The van der Waals surface area contributed by atoms with Crippen molar-refractivity contribution in [2.75, 3.05) is 33.4 Å². The Balaban J connectivity index is 3.32. The molecule has 0 aliphatic carbocycles. The minimum atomic E-state index is 0.0287. The average Bonchev–Trinajstić information content (AvgIpc) is 2.11. The van der Waals surface area contributed by atoms with Crippen LogP contribution in [0.15, 0.2) is 0 Å². The Morgan fingerprint density at radius 2 is 1.93 bits per heavy atom. The fraction of sp³-hybridized carbons (Fsp3) is 0.909. The molecule has 0 saturated heterocycles. The van der Waals surface area contributed by atoms with Gasteiger partial charge >= 0.3 is 0 Å². The maximum atomic E-state index is 11.2. The third kappa shape index (κ3) is 11.3. The molecule has 0 bridgehead atoms. The molecule has 0 aliphatic rings. The van der Waals surface area contributed by atoms with Gasteiger partial charge in [0.25, 0.3) is 0 Å². The molecule has 0 fully saturated rings. The van der Waals surface area contributed by atoms with E-state index in [1.807, 2.05) is 0 Å². The Bertz CT molecular complexity index is 176. The average molecular weight is 216 g/mol. The van der Waals surface area contributed by atoms with Gasteiger partial charge in [-0.25, -0.2) is 0 Å². The summed E-state index contributed by atoms with van der Waals surface area (Å²) in [6.45, 7) is 8.97. The molecule has 0 radical (unpaired) electrons. The van der Waals surface area contributed by atoms with Crippen LogP contribution in [-0.2, 0) is 9.53 Å². The lowest BCUT2D eigenvalue weighted by molar-refractivity contribution is -0.120. The first-order valence-electron chi connectivity index (χ1n) is 5.42. The van der Waals surface area contributed by atoms with Gasteiger partial charge in [0.05, 0.1) is 13.2 Å². The van der Waals surface area contributed by atoms with Gasteiger partial charge < -0.3 is 15.4 Å². The van der Waals surface area contributed by atoms with Crippen molar-refractivity contribution in [2.24, 2.45) is 5.41 Å². The van der Waals surface area contributed by atoms with Gasteiger partial charge in [-0.3, -0.25) is 4.79 Å². The van der Waals surface area contributed by atoms with Gasteiger partial charge in [0.1, 0.15) is 0 Å². The highest BCUT2D eigenvalue weighted by molar-refractivity contribution is 5.77. The minimum absolute atomic E-state index is 0.0287. The Hall–Kier alpha value is -0.610. The van der Waals surface area contributed by atoms with Crippen molar-refractivity contribution in [3.8, 4) is 0 Å². The van der Waals surface area contributed by atoms with Crippen molar-refractivity contribution < 1.29 is 9.53 Å². The number of hydrogen-bond acceptors (Lipinski definition) is 3. The van der Waals surface area contributed by atoms with Crippen LogP contribution in [0.5, 0.6) is 0 Å². The summed E-state index contributed by atoms with van der Waals surface area (Å²) in [6, 6.07) is 0. The molecule has 4 nitrogen and oxygen atoms in total. The molecule has 0 rings (SSSR count). The van der Waals surface area contributed by atoms with Crippen molar-refractivity contribution in [1.29, 1.82) is 0 Å². The summed E-state index contributed by atoms with van der Waals surface area (Å²) in [4.78, 5) is 11.2. The number of ether oxygens (including phenoxy) is 1. The Morgan fingerprint density at radius 1 is 1.27 bits per heavy atom. The summed E-state index contributed by atoms with van der Waals surface area (Å²) in [5.41, 5.74) is 0.319. The zero-order valence-corrected chi connectivity index (χ0v) is 10.4. The first-order chi connectivity index (χ1) is 6.95. The molecule has 0 heterocycles. The first kappa shape index (κ1) is 14.4. The SMILES string of the molecule is COCCNC(=O)CNCCC(C)(C)C. The van der Waals surface area contributed by atoms with Crippen molar-refractivity contribution in [3.05, 3.63) is 0 Å². The summed E-state index contributed by atoms with van der Waals surface area (Å²) in [5.74, 6) is 0.0287. The van der Waals surface area contributed by atoms with Gasteiger partial charge in [0, 0.05) is 13.7 Å². The summed E-state index contributed by atoms with van der Waals surface area (Å²) in [6.07, 6.45) is 1.07. The van der Waals surface area contributed by atoms with Crippen LogP contribution < -0.4 is 10.6 Å². The largest absolute Gasteiger partial charge is 0.383 e. The number of hydrogen-bond donors (Lipinski definition) is 2. The van der Waals surface area contributed by atoms with Crippen molar-refractivity contribution in [1.82, 2.24) is 10.6 Å². The molecule has 0 aromatic heterocycles. The van der Waals surface area contributed by atoms with Gasteiger partial charge in [-0.05, 0) is 18.4 Å². The van der Waals surface area contributed by atoms with E-state index in [0.29, 0.717) is 25.1 Å². The van der Waals surface area contributed by atoms with Crippen LogP contribution in [0.3, 0.4) is 0 Å². The third-order valence-electron chi connectivity index (χ3n) is 1.97. The highest BCUT2D eigenvalue weighted by atomic mass is 16.5. The molecule has 0 aliphatic heterocycles. The molecule has 1 amide bonds. The highest BCUT2D eigenvalue weighted by Gasteiger charge is 2.09. The van der Waals surface area contributed by atoms with Crippen LogP contribution in [-0.4, -0.2) is 39.3 Å². The van der Waals surface area contributed by atoms with Crippen LogP contribution in [0.2, 0.25) is 0 Å². The monoisotopic (exact) mass is 216 g/mol. The fourth-order valence-corrected chi connectivity index (χ4v) is 1.02. The number of carbonyl (C=O) groups is 1. The Kier molecular flexibility index (Phi) is 7.34. The second-order valence-electron chi connectivity index (χ2n) is 4.83. The van der Waals surface area contributed by atoms with Gasteiger partial charge in [-0.15, -0.1) is 0 Å². The Labute approximate surface area is 92.8 Å². The lowest BCUT2D eigenvalue weighted by atomic mass is 9.92. The standard InChI is InChI=1S/C11H24N2O2/c1-11(2,3)5-6-12-9-10(14)13-7-8-15-4/h12H,5-9H2,1-4H3,(H,13,14). The number of rotatable bonds is 7. The summed E-state index contributed by atoms with van der Waals surface area (Å²) in [5, 5.41) is 5.87. The second kappa shape index (κ2) is 7.65. The van der Waals surface area contributed by atoms with E-state index in [1.54, 1.807) is 7.11 Å². The van der Waals surface area contributed by atoms with Crippen LogP contribution in [0, 0.1) is 5.41 Å². The van der Waals surface area contributed by atoms with Crippen LogP contribution in [0.1, 0.15) is 27.2 Å². The van der Waals surface area contributed by atoms with Crippen molar-refractivity contribution >= 4 is 5.91 Å². The maximum Gasteiger partial charge on any atom is 0.234 e. The van der Waals surface area contributed by atoms with E-state index >= 15 is 0 Å².